The lowest BCUT2D eigenvalue weighted by Gasteiger charge is -2.32. The van der Waals surface area contributed by atoms with E-state index in [0.717, 1.165) is 5.56 Å². The SMILES string of the molecule is COC(=O)[C@@H](CC(C)C)NC(=O)N(CC(C)C)C[C@@H](O)[C@@H](Cc1ccccc1)NC(=O)OC(C)(C)C. The number of esters is 1. The average Bonchev–Trinajstić information content (AvgIpc) is 2.75. The van der Waals surface area contributed by atoms with Gasteiger partial charge < -0.3 is 30.1 Å². The summed E-state index contributed by atoms with van der Waals surface area (Å²) in [4.78, 5) is 39.4. The first-order valence-electron chi connectivity index (χ1n) is 12.6. The van der Waals surface area contributed by atoms with Gasteiger partial charge in [0.1, 0.15) is 11.6 Å². The molecule has 1 rings (SSSR count). The van der Waals surface area contributed by atoms with E-state index in [-0.39, 0.29) is 18.4 Å². The summed E-state index contributed by atoms with van der Waals surface area (Å²) in [7, 11) is 1.29. The number of carbonyl (C=O) groups excluding carboxylic acids is 3. The molecule has 0 fully saturated rings. The molecule has 1 aromatic carbocycles. The molecular formula is C27H45N3O6. The lowest BCUT2D eigenvalue weighted by atomic mass is 10.0. The number of aliphatic hydroxyl groups is 1. The number of methoxy groups -OCH3 is 1. The molecule has 3 N–H and O–H groups in total. The lowest BCUT2D eigenvalue weighted by molar-refractivity contribution is -0.143. The van der Waals surface area contributed by atoms with Gasteiger partial charge in [-0.1, -0.05) is 58.0 Å². The molecule has 0 spiro atoms. The molecule has 0 aromatic heterocycles. The Labute approximate surface area is 215 Å². The number of rotatable bonds is 12. The van der Waals surface area contributed by atoms with Crippen LogP contribution < -0.4 is 10.6 Å². The van der Waals surface area contributed by atoms with Crippen molar-refractivity contribution in [3.05, 3.63) is 35.9 Å². The van der Waals surface area contributed by atoms with Gasteiger partial charge in [-0.05, 0) is 51.0 Å². The van der Waals surface area contributed by atoms with Gasteiger partial charge in [-0.2, -0.15) is 0 Å². The Kier molecular flexibility index (Phi) is 12.7. The quantitative estimate of drug-likeness (QED) is 0.371. The molecule has 36 heavy (non-hydrogen) atoms. The maximum atomic E-state index is 13.2. The number of amides is 3. The molecular weight excluding hydrogens is 462 g/mol. The molecule has 3 atom stereocenters. The normalized spacial score (nSPS) is 14.1. The zero-order valence-corrected chi connectivity index (χ0v) is 23.0. The number of nitrogens with zero attached hydrogens (tertiary/aromatic N) is 1. The van der Waals surface area contributed by atoms with E-state index in [1.54, 1.807) is 20.8 Å². The van der Waals surface area contributed by atoms with Crippen molar-refractivity contribution in [2.75, 3.05) is 20.2 Å². The van der Waals surface area contributed by atoms with Crippen LogP contribution in [0.4, 0.5) is 9.59 Å². The molecule has 0 aliphatic heterocycles. The highest BCUT2D eigenvalue weighted by Crippen LogP contribution is 2.13. The van der Waals surface area contributed by atoms with E-state index >= 15 is 0 Å². The number of carbonyl (C=O) groups is 3. The minimum absolute atomic E-state index is 0.0487. The van der Waals surface area contributed by atoms with Crippen molar-refractivity contribution in [2.45, 2.75) is 85.1 Å². The van der Waals surface area contributed by atoms with Crippen LogP contribution in [0.3, 0.4) is 0 Å². The summed E-state index contributed by atoms with van der Waals surface area (Å²) < 4.78 is 10.3. The maximum absolute atomic E-state index is 13.2. The molecule has 0 heterocycles. The summed E-state index contributed by atoms with van der Waals surface area (Å²) in [5.74, 6) is -0.251. The molecule has 3 amide bonds. The molecule has 204 valence electrons. The van der Waals surface area contributed by atoms with E-state index in [9.17, 15) is 19.5 Å². The monoisotopic (exact) mass is 507 g/mol. The first-order valence-corrected chi connectivity index (χ1v) is 12.6. The Morgan fingerprint density at radius 2 is 1.58 bits per heavy atom. The van der Waals surface area contributed by atoms with Gasteiger partial charge >= 0.3 is 18.1 Å². The second-order valence-electron chi connectivity index (χ2n) is 11.0. The van der Waals surface area contributed by atoms with Crippen molar-refractivity contribution < 1.29 is 29.0 Å². The minimum Gasteiger partial charge on any atom is -0.467 e. The Morgan fingerprint density at radius 3 is 2.08 bits per heavy atom. The number of benzene rings is 1. The fourth-order valence-electron chi connectivity index (χ4n) is 3.71. The molecule has 0 unspecified atom stereocenters. The number of alkyl carbamates (subject to hydrolysis) is 1. The lowest BCUT2D eigenvalue weighted by Crippen LogP contribution is -2.55. The molecule has 0 bridgehead atoms. The van der Waals surface area contributed by atoms with Crippen LogP contribution in [0.15, 0.2) is 30.3 Å². The molecule has 1 aromatic rings. The van der Waals surface area contributed by atoms with Crippen LogP contribution in [-0.4, -0.2) is 72.1 Å². The van der Waals surface area contributed by atoms with Crippen molar-refractivity contribution in [1.29, 1.82) is 0 Å². The molecule has 9 nitrogen and oxygen atoms in total. The molecule has 9 heteroatoms. The van der Waals surface area contributed by atoms with Crippen molar-refractivity contribution in [3.8, 4) is 0 Å². The summed E-state index contributed by atoms with van der Waals surface area (Å²) in [6.45, 7) is 13.4. The van der Waals surface area contributed by atoms with Crippen LogP contribution in [0.5, 0.6) is 0 Å². The molecule has 0 saturated heterocycles. The highest BCUT2D eigenvalue weighted by atomic mass is 16.6. The predicted octanol–water partition coefficient (Wildman–Crippen LogP) is 3.74. The van der Waals surface area contributed by atoms with Gasteiger partial charge in [-0.15, -0.1) is 0 Å². The van der Waals surface area contributed by atoms with E-state index in [1.165, 1.54) is 12.0 Å². The fourth-order valence-corrected chi connectivity index (χ4v) is 3.71. The largest absolute Gasteiger partial charge is 0.467 e. The molecule has 0 saturated carbocycles. The van der Waals surface area contributed by atoms with Crippen LogP contribution in [0.25, 0.3) is 0 Å². The Hall–Kier alpha value is -2.81. The van der Waals surface area contributed by atoms with Crippen molar-refractivity contribution in [3.63, 3.8) is 0 Å². The van der Waals surface area contributed by atoms with Crippen molar-refractivity contribution in [2.24, 2.45) is 11.8 Å². The Balaban J connectivity index is 3.09. The van der Waals surface area contributed by atoms with E-state index in [2.05, 4.69) is 10.6 Å². The van der Waals surface area contributed by atoms with E-state index in [1.807, 2.05) is 58.0 Å². The number of aliphatic hydroxyl groups excluding tert-OH is 1. The maximum Gasteiger partial charge on any atom is 0.407 e. The van der Waals surface area contributed by atoms with Gasteiger partial charge in [-0.25, -0.2) is 14.4 Å². The second-order valence-corrected chi connectivity index (χ2v) is 11.0. The standard InChI is InChI=1S/C27H45N3O6/c1-18(2)14-22(24(32)35-8)28-25(33)30(16-19(3)4)17-23(31)21(15-20-12-10-9-11-13-20)29-26(34)36-27(5,6)7/h9-13,18-19,21-23,31H,14-17H2,1-8H3,(H,28,33)(H,29,34)/t21-,22-,23-/m1/s1. The van der Waals surface area contributed by atoms with Gasteiger partial charge in [0.25, 0.3) is 0 Å². The summed E-state index contributed by atoms with van der Waals surface area (Å²) in [6.07, 6.45) is -0.974. The molecule has 0 aliphatic carbocycles. The highest BCUT2D eigenvalue weighted by Gasteiger charge is 2.30. The minimum atomic E-state index is -1.09. The first kappa shape index (κ1) is 31.2. The molecule has 0 aliphatic rings. The summed E-state index contributed by atoms with van der Waals surface area (Å²) >= 11 is 0. The van der Waals surface area contributed by atoms with E-state index in [4.69, 9.17) is 9.47 Å². The summed E-state index contributed by atoms with van der Waals surface area (Å²) in [5, 5.41) is 16.7. The van der Waals surface area contributed by atoms with Gasteiger partial charge in [0.05, 0.1) is 25.8 Å². The zero-order valence-electron chi connectivity index (χ0n) is 23.0. The second kappa shape index (κ2) is 14.7. The number of nitrogens with one attached hydrogen (secondary N) is 2. The van der Waals surface area contributed by atoms with Crippen molar-refractivity contribution >= 4 is 18.1 Å². The van der Waals surface area contributed by atoms with Gasteiger partial charge in [0.15, 0.2) is 0 Å². The predicted molar refractivity (Wildman–Crippen MR) is 140 cm³/mol. The third-order valence-electron chi connectivity index (χ3n) is 5.24. The zero-order chi connectivity index (χ0) is 27.5. The summed E-state index contributed by atoms with van der Waals surface area (Å²) in [6, 6.07) is 7.48. The van der Waals surface area contributed by atoms with Crippen LogP contribution in [0, 0.1) is 11.8 Å². The van der Waals surface area contributed by atoms with Crippen molar-refractivity contribution in [1.82, 2.24) is 15.5 Å². The number of ether oxygens (including phenoxy) is 2. The Bertz CT molecular complexity index is 823. The van der Waals surface area contributed by atoms with Gasteiger partial charge in [0.2, 0.25) is 0 Å². The topological polar surface area (TPSA) is 117 Å². The van der Waals surface area contributed by atoms with Crippen LogP contribution in [0.1, 0.15) is 60.5 Å². The van der Waals surface area contributed by atoms with Gasteiger partial charge in [0, 0.05) is 6.54 Å². The Morgan fingerprint density at radius 1 is 0.972 bits per heavy atom. The third-order valence-corrected chi connectivity index (χ3v) is 5.24. The van der Waals surface area contributed by atoms with Crippen LogP contribution in [-0.2, 0) is 20.7 Å². The number of hydrogen-bond donors (Lipinski definition) is 3. The first-order chi connectivity index (χ1) is 16.7. The fraction of sp³-hybridized carbons (Fsp3) is 0.667. The van der Waals surface area contributed by atoms with Gasteiger partial charge in [-0.3, -0.25) is 0 Å². The number of hydrogen-bond acceptors (Lipinski definition) is 6. The van der Waals surface area contributed by atoms with E-state index in [0.29, 0.717) is 19.4 Å². The smallest absolute Gasteiger partial charge is 0.407 e. The molecule has 0 radical (unpaired) electrons. The third kappa shape index (κ3) is 12.2. The average molecular weight is 508 g/mol. The summed E-state index contributed by atoms with van der Waals surface area (Å²) in [5.41, 5.74) is 0.218. The van der Waals surface area contributed by atoms with E-state index < -0.39 is 41.9 Å². The van der Waals surface area contributed by atoms with Crippen LogP contribution in [0.2, 0.25) is 0 Å². The highest BCUT2D eigenvalue weighted by molar-refractivity contribution is 5.83. The number of urea groups is 1. The van der Waals surface area contributed by atoms with Crippen LogP contribution >= 0.6 is 0 Å².